The van der Waals surface area contributed by atoms with Gasteiger partial charge in [0.15, 0.2) is 11.3 Å². The number of para-hydroxylation sites is 1. The van der Waals surface area contributed by atoms with Crippen LogP contribution in [-0.2, 0) is 4.79 Å². The Morgan fingerprint density at radius 3 is 2.59 bits per heavy atom. The van der Waals surface area contributed by atoms with Crippen LogP contribution in [0.15, 0.2) is 67.0 Å². The summed E-state index contributed by atoms with van der Waals surface area (Å²) in [5.41, 5.74) is -0.149. The number of carbonyl (C=O) groups excluding carboxylic acids is 1. The molecule has 0 bridgehead atoms. The molecule has 0 unspecified atom stereocenters. The van der Waals surface area contributed by atoms with Crippen LogP contribution in [0.4, 0.5) is 0 Å². The number of fused-ring (bicyclic) bond motifs is 2. The molecule has 2 aromatic carbocycles. The molecular formula is C22H16O7. The molecule has 0 aliphatic carbocycles. The highest BCUT2D eigenvalue weighted by Gasteiger charge is 2.16. The Balaban J connectivity index is 1.95. The average Bonchev–Trinajstić information content (AvgIpc) is 2.67. The fourth-order valence-electron chi connectivity index (χ4n) is 3.17. The molecule has 0 N–H and O–H groups in total. The molecular weight excluding hydrogens is 376 g/mol. The van der Waals surface area contributed by atoms with Gasteiger partial charge in [0, 0.05) is 35.4 Å². The summed E-state index contributed by atoms with van der Waals surface area (Å²) >= 11 is 0. The second-order valence-corrected chi connectivity index (χ2v) is 6.29. The van der Waals surface area contributed by atoms with Gasteiger partial charge < -0.3 is 18.3 Å². The minimum atomic E-state index is -0.643. The predicted octanol–water partition coefficient (Wildman–Crippen LogP) is 3.89. The lowest BCUT2D eigenvalue weighted by Crippen LogP contribution is -2.07. The van der Waals surface area contributed by atoms with E-state index < -0.39 is 17.2 Å². The van der Waals surface area contributed by atoms with Crippen LogP contribution in [0.25, 0.3) is 33.1 Å². The summed E-state index contributed by atoms with van der Waals surface area (Å²) in [4.78, 5) is 36.0. The summed E-state index contributed by atoms with van der Waals surface area (Å²) in [6.07, 6.45) is 0. The van der Waals surface area contributed by atoms with E-state index in [1.807, 2.05) is 6.92 Å². The highest BCUT2D eigenvalue weighted by Crippen LogP contribution is 2.31. The predicted molar refractivity (Wildman–Crippen MR) is 106 cm³/mol. The normalized spacial score (nSPS) is 11.0. The Labute approximate surface area is 164 Å². The van der Waals surface area contributed by atoms with Crippen molar-refractivity contribution in [3.05, 3.63) is 69.4 Å². The van der Waals surface area contributed by atoms with E-state index in [4.69, 9.17) is 18.3 Å². The molecule has 0 spiro atoms. The Bertz CT molecular complexity index is 1360. The number of ether oxygens (including phenoxy) is 2. The summed E-state index contributed by atoms with van der Waals surface area (Å²) in [6, 6.07) is 12.8. The third-order valence-electron chi connectivity index (χ3n) is 4.29. The molecule has 0 radical (unpaired) electrons. The van der Waals surface area contributed by atoms with E-state index in [0.717, 1.165) is 0 Å². The van der Waals surface area contributed by atoms with Crippen LogP contribution in [0.3, 0.4) is 0 Å². The molecule has 0 saturated carbocycles. The summed E-state index contributed by atoms with van der Waals surface area (Å²) in [6.45, 7) is 3.54. The van der Waals surface area contributed by atoms with E-state index in [2.05, 4.69) is 0 Å². The Morgan fingerprint density at radius 1 is 1.00 bits per heavy atom. The zero-order valence-corrected chi connectivity index (χ0v) is 15.7. The Kier molecular flexibility index (Phi) is 4.64. The number of rotatable bonds is 4. The molecule has 2 heterocycles. The fraction of sp³-hybridized carbons (Fsp3) is 0.136. The molecule has 0 fully saturated rings. The van der Waals surface area contributed by atoms with Crippen LogP contribution < -0.4 is 20.7 Å². The molecule has 0 aliphatic heterocycles. The van der Waals surface area contributed by atoms with Crippen LogP contribution >= 0.6 is 0 Å². The van der Waals surface area contributed by atoms with E-state index in [1.165, 1.54) is 19.1 Å². The highest BCUT2D eigenvalue weighted by atomic mass is 16.5. The van der Waals surface area contributed by atoms with Crippen LogP contribution in [-0.4, -0.2) is 12.6 Å². The van der Waals surface area contributed by atoms with Gasteiger partial charge in [-0.1, -0.05) is 12.1 Å². The Hall–Kier alpha value is -3.87. The maximum atomic E-state index is 12.7. The van der Waals surface area contributed by atoms with E-state index in [9.17, 15) is 14.4 Å². The molecule has 146 valence electrons. The second kappa shape index (κ2) is 7.27. The molecule has 7 heteroatoms. The Morgan fingerprint density at radius 2 is 1.83 bits per heavy atom. The molecule has 0 saturated heterocycles. The maximum absolute atomic E-state index is 12.7. The van der Waals surface area contributed by atoms with Crippen molar-refractivity contribution in [3.8, 4) is 22.6 Å². The first-order chi connectivity index (χ1) is 14.0. The van der Waals surface area contributed by atoms with Gasteiger partial charge in [0.25, 0.3) is 0 Å². The number of hydrogen-bond acceptors (Lipinski definition) is 7. The maximum Gasteiger partial charge on any atom is 0.344 e. The molecule has 4 aromatic rings. The monoisotopic (exact) mass is 392 g/mol. The van der Waals surface area contributed by atoms with Gasteiger partial charge in [-0.05, 0) is 31.2 Å². The van der Waals surface area contributed by atoms with Crippen molar-refractivity contribution in [2.75, 3.05) is 6.61 Å². The third-order valence-corrected chi connectivity index (χ3v) is 4.29. The summed E-state index contributed by atoms with van der Waals surface area (Å²) in [5.74, 6) is 0.206. The number of esters is 1. The molecule has 4 rings (SSSR count). The van der Waals surface area contributed by atoms with Crippen LogP contribution in [0.2, 0.25) is 0 Å². The zero-order valence-electron chi connectivity index (χ0n) is 15.7. The van der Waals surface area contributed by atoms with Gasteiger partial charge in [0.05, 0.1) is 12.2 Å². The molecule has 29 heavy (non-hydrogen) atoms. The number of benzene rings is 2. The highest BCUT2D eigenvalue weighted by molar-refractivity contribution is 5.96. The third kappa shape index (κ3) is 3.50. The van der Waals surface area contributed by atoms with Crippen molar-refractivity contribution in [2.24, 2.45) is 0 Å². The van der Waals surface area contributed by atoms with Gasteiger partial charge in [-0.25, -0.2) is 9.59 Å². The van der Waals surface area contributed by atoms with Crippen LogP contribution in [0, 0.1) is 0 Å². The van der Waals surface area contributed by atoms with Crippen molar-refractivity contribution in [2.45, 2.75) is 13.8 Å². The molecule has 7 nitrogen and oxygen atoms in total. The SMILES string of the molecule is CCOc1cccc2cc(-c3cc(=O)oc4cc(OC(C)=O)ccc34)c(=O)oc12. The van der Waals surface area contributed by atoms with Gasteiger partial charge in [-0.3, -0.25) is 4.79 Å². The lowest BCUT2D eigenvalue weighted by molar-refractivity contribution is -0.131. The summed E-state index contributed by atoms with van der Waals surface area (Å²) < 4.78 is 21.3. The van der Waals surface area contributed by atoms with E-state index in [1.54, 1.807) is 36.4 Å². The smallest absolute Gasteiger partial charge is 0.344 e. The number of hydrogen-bond donors (Lipinski definition) is 0. The topological polar surface area (TPSA) is 96.0 Å². The first kappa shape index (κ1) is 18.5. The first-order valence-electron chi connectivity index (χ1n) is 8.92. The number of carbonyl (C=O) groups is 1. The van der Waals surface area contributed by atoms with Crippen LogP contribution in [0.5, 0.6) is 11.5 Å². The van der Waals surface area contributed by atoms with Gasteiger partial charge in [-0.2, -0.15) is 0 Å². The first-order valence-corrected chi connectivity index (χ1v) is 8.92. The molecule has 0 amide bonds. The van der Waals surface area contributed by atoms with Crippen molar-refractivity contribution in [3.63, 3.8) is 0 Å². The van der Waals surface area contributed by atoms with Crippen molar-refractivity contribution >= 4 is 27.9 Å². The zero-order chi connectivity index (χ0) is 20.5. The lowest BCUT2D eigenvalue weighted by Gasteiger charge is -2.09. The van der Waals surface area contributed by atoms with Gasteiger partial charge >= 0.3 is 17.2 Å². The van der Waals surface area contributed by atoms with Gasteiger partial charge in [-0.15, -0.1) is 0 Å². The van der Waals surface area contributed by atoms with Crippen molar-refractivity contribution in [1.29, 1.82) is 0 Å². The fourth-order valence-corrected chi connectivity index (χ4v) is 3.17. The molecule has 0 aliphatic rings. The summed E-state index contributed by atoms with van der Waals surface area (Å²) in [5, 5.41) is 1.16. The average molecular weight is 392 g/mol. The minimum Gasteiger partial charge on any atom is -0.490 e. The minimum absolute atomic E-state index is 0.189. The van der Waals surface area contributed by atoms with Gasteiger partial charge in [0.2, 0.25) is 0 Å². The van der Waals surface area contributed by atoms with Crippen molar-refractivity contribution < 1.29 is 23.1 Å². The second-order valence-electron chi connectivity index (χ2n) is 6.29. The van der Waals surface area contributed by atoms with E-state index >= 15 is 0 Å². The lowest BCUT2D eigenvalue weighted by atomic mass is 10.0. The molecule has 0 atom stereocenters. The van der Waals surface area contributed by atoms with Gasteiger partial charge in [0.1, 0.15) is 11.3 Å². The standard InChI is InChI=1S/C22H16O7/c1-3-26-18-6-4-5-13-9-17(22(25)29-21(13)18)16-11-20(24)28-19-10-14(27-12(2)23)7-8-15(16)19/h4-11H,3H2,1-2H3. The largest absolute Gasteiger partial charge is 0.490 e. The summed E-state index contributed by atoms with van der Waals surface area (Å²) in [7, 11) is 0. The van der Waals surface area contributed by atoms with E-state index in [0.29, 0.717) is 34.3 Å². The molecule has 2 aromatic heterocycles. The van der Waals surface area contributed by atoms with E-state index in [-0.39, 0.29) is 16.9 Å². The van der Waals surface area contributed by atoms with Crippen LogP contribution in [0.1, 0.15) is 13.8 Å². The van der Waals surface area contributed by atoms with Crippen molar-refractivity contribution in [1.82, 2.24) is 0 Å². The quantitative estimate of drug-likeness (QED) is 0.295.